The molecule has 0 saturated carbocycles. The molecule has 0 saturated heterocycles. The number of ether oxygens (including phenoxy) is 1. The number of hydrogen-bond acceptors (Lipinski definition) is 3. The molecule has 1 atom stereocenters. The average molecular weight is 231 g/mol. The second-order valence-corrected chi connectivity index (χ2v) is 3.53. The molecule has 0 amide bonds. The van der Waals surface area contributed by atoms with Gasteiger partial charge >= 0.3 is 0 Å². The van der Waals surface area contributed by atoms with Gasteiger partial charge in [-0.25, -0.2) is 0 Å². The van der Waals surface area contributed by atoms with E-state index in [9.17, 15) is 0 Å². The summed E-state index contributed by atoms with van der Waals surface area (Å²) in [4.78, 5) is 0. The van der Waals surface area contributed by atoms with Crippen LogP contribution in [0.3, 0.4) is 0 Å². The molecule has 0 aromatic heterocycles. The zero-order valence-electron chi connectivity index (χ0n) is 9.41. The fraction of sp³-hybridized carbons (Fsp3) is 0.455. The predicted molar refractivity (Wildman–Crippen MR) is 65.7 cm³/mol. The van der Waals surface area contributed by atoms with Gasteiger partial charge in [-0.1, -0.05) is 12.1 Å². The van der Waals surface area contributed by atoms with E-state index in [1.165, 1.54) is 0 Å². The average Bonchev–Trinajstić information content (AvgIpc) is 2.16. The lowest BCUT2D eigenvalue weighted by Crippen LogP contribution is -2.21. The molecule has 4 N–H and O–H groups in total. The first-order valence-corrected chi connectivity index (χ1v) is 4.71. The molecule has 4 heteroatoms. The number of rotatable bonds is 3. The Morgan fingerprint density at radius 1 is 1.27 bits per heavy atom. The van der Waals surface area contributed by atoms with Crippen LogP contribution in [0.25, 0.3) is 0 Å². The lowest BCUT2D eigenvalue weighted by molar-refractivity contribution is 0.408. The monoisotopic (exact) mass is 230 g/mol. The summed E-state index contributed by atoms with van der Waals surface area (Å²) in [5.41, 5.74) is 14.7. The van der Waals surface area contributed by atoms with Crippen LogP contribution in [0.2, 0.25) is 0 Å². The molecule has 0 aliphatic rings. The Kier molecular flexibility index (Phi) is 5.65. The van der Waals surface area contributed by atoms with Crippen molar-refractivity contribution in [1.82, 2.24) is 0 Å². The van der Waals surface area contributed by atoms with Gasteiger partial charge in [-0.15, -0.1) is 12.4 Å². The Labute approximate surface area is 97.2 Å². The SMILES string of the molecule is COc1c(C)cc([C@H](N)CN)cc1C.Cl. The van der Waals surface area contributed by atoms with Crippen LogP contribution in [-0.4, -0.2) is 13.7 Å². The van der Waals surface area contributed by atoms with Gasteiger partial charge in [-0.2, -0.15) is 0 Å². The van der Waals surface area contributed by atoms with Crippen molar-refractivity contribution in [3.63, 3.8) is 0 Å². The summed E-state index contributed by atoms with van der Waals surface area (Å²) in [5.74, 6) is 0.929. The number of nitrogens with two attached hydrogens (primary N) is 2. The molecule has 0 spiro atoms. The van der Waals surface area contributed by atoms with Crippen molar-refractivity contribution >= 4 is 12.4 Å². The highest BCUT2D eigenvalue weighted by molar-refractivity contribution is 5.85. The van der Waals surface area contributed by atoms with E-state index in [0.717, 1.165) is 22.4 Å². The minimum Gasteiger partial charge on any atom is -0.496 e. The fourth-order valence-corrected chi connectivity index (χ4v) is 1.66. The first-order valence-electron chi connectivity index (χ1n) is 4.71. The van der Waals surface area contributed by atoms with Crippen molar-refractivity contribution in [2.24, 2.45) is 11.5 Å². The number of aryl methyl sites for hydroxylation is 2. The van der Waals surface area contributed by atoms with Gasteiger partial charge in [0, 0.05) is 12.6 Å². The summed E-state index contributed by atoms with van der Waals surface area (Å²) in [6.07, 6.45) is 0. The minimum absolute atomic E-state index is 0. The standard InChI is InChI=1S/C11H18N2O.ClH/c1-7-4-9(10(13)6-12)5-8(2)11(7)14-3;/h4-5,10H,6,12-13H2,1-3H3;1H/t10-;/m1./s1. The maximum atomic E-state index is 5.86. The molecule has 15 heavy (non-hydrogen) atoms. The maximum Gasteiger partial charge on any atom is 0.124 e. The molecule has 0 bridgehead atoms. The zero-order chi connectivity index (χ0) is 10.7. The molecule has 0 fully saturated rings. The summed E-state index contributed by atoms with van der Waals surface area (Å²) in [6.45, 7) is 4.49. The quantitative estimate of drug-likeness (QED) is 0.831. The molecular weight excluding hydrogens is 212 g/mol. The molecule has 1 aromatic carbocycles. The van der Waals surface area contributed by atoms with Crippen molar-refractivity contribution in [2.75, 3.05) is 13.7 Å². The highest BCUT2D eigenvalue weighted by atomic mass is 35.5. The van der Waals surface area contributed by atoms with Gasteiger partial charge in [0.1, 0.15) is 5.75 Å². The zero-order valence-corrected chi connectivity index (χ0v) is 10.2. The van der Waals surface area contributed by atoms with Gasteiger partial charge in [0.25, 0.3) is 0 Å². The fourth-order valence-electron chi connectivity index (χ4n) is 1.66. The van der Waals surface area contributed by atoms with Gasteiger partial charge in [-0.05, 0) is 30.5 Å². The largest absolute Gasteiger partial charge is 0.496 e. The highest BCUT2D eigenvalue weighted by Gasteiger charge is 2.09. The van der Waals surface area contributed by atoms with Crippen molar-refractivity contribution in [2.45, 2.75) is 19.9 Å². The van der Waals surface area contributed by atoms with Gasteiger partial charge in [0.2, 0.25) is 0 Å². The third kappa shape index (κ3) is 3.09. The van der Waals surface area contributed by atoms with Crippen LogP contribution in [0.5, 0.6) is 5.75 Å². The smallest absolute Gasteiger partial charge is 0.124 e. The number of benzene rings is 1. The second-order valence-electron chi connectivity index (χ2n) is 3.53. The van der Waals surface area contributed by atoms with Crippen LogP contribution in [0.4, 0.5) is 0 Å². The molecular formula is C11H19ClN2O. The molecule has 0 aliphatic carbocycles. The summed E-state index contributed by atoms with van der Waals surface area (Å²) in [6, 6.07) is 3.98. The van der Waals surface area contributed by atoms with Crippen LogP contribution in [-0.2, 0) is 0 Å². The van der Waals surface area contributed by atoms with Gasteiger partial charge < -0.3 is 16.2 Å². The third-order valence-electron chi connectivity index (χ3n) is 2.37. The Morgan fingerprint density at radius 3 is 2.07 bits per heavy atom. The molecule has 0 heterocycles. The maximum absolute atomic E-state index is 5.86. The minimum atomic E-state index is -0.0849. The molecule has 1 aromatic rings. The first kappa shape index (κ1) is 14.2. The third-order valence-corrected chi connectivity index (χ3v) is 2.37. The molecule has 0 aliphatic heterocycles. The lowest BCUT2D eigenvalue weighted by Gasteiger charge is -2.14. The van der Waals surface area contributed by atoms with Gasteiger partial charge in [0.15, 0.2) is 0 Å². The van der Waals surface area contributed by atoms with Crippen molar-refractivity contribution in [3.8, 4) is 5.75 Å². The highest BCUT2D eigenvalue weighted by Crippen LogP contribution is 2.26. The van der Waals surface area contributed by atoms with Gasteiger partial charge in [-0.3, -0.25) is 0 Å². The van der Waals surface area contributed by atoms with Gasteiger partial charge in [0.05, 0.1) is 7.11 Å². The van der Waals surface area contributed by atoms with E-state index < -0.39 is 0 Å². The molecule has 3 nitrogen and oxygen atoms in total. The van der Waals surface area contributed by atoms with Crippen LogP contribution in [0.15, 0.2) is 12.1 Å². The Balaban J connectivity index is 0.00000196. The Morgan fingerprint density at radius 2 is 1.73 bits per heavy atom. The first-order chi connectivity index (χ1) is 6.60. The van der Waals surface area contributed by atoms with Crippen molar-refractivity contribution in [3.05, 3.63) is 28.8 Å². The van der Waals surface area contributed by atoms with E-state index in [2.05, 4.69) is 0 Å². The number of hydrogen-bond donors (Lipinski definition) is 2. The van der Waals surface area contributed by atoms with Crippen LogP contribution < -0.4 is 16.2 Å². The number of halogens is 1. The van der Waals surface area contributed by atoms with Crippen molar-refractivity contribution < 1.29 is 4.74 Å². The van der Waals surface area contributed by atoms with Crippen LogP contribution in [0, 0.1) is 13.8 Å². The van der Waals surface area contributed by atoms with E-state index in [-0.39, 0.29) is 18.4 Å². The van der Waals surface area contributed by atoms with E-state index in [4.69, 9.17) is 16.2 Å². The summed E-state index contributed by atoms with van der Waals surface area (Å²) >= 11 is 0. The lowest BCUT2D eigenvalue weighted by atomic mass is 10.0. The summed E-state index contributed by atoms with van der Waals surface area (Å²) < 4.78 is 5.27. The Bertz CT molecular complexity index is 305. The molecule has 1 rings (SSSR count). The normalized spacial score (nSPS) is 11.8. The molecule has 0 radical (unpaired) electrons. The van der Waals surface area contributed by atoms with E-state index >= 15 is 0 Å². The summed E-state index contributed by atoms with van der Waals surface area (Å²) in [5, 5.41) is 0. The second kappa shape index (κ2) is 5.95. The molecule has 86 valence electrons. The summed E-state index contributed by atoms with van der Waals surface area (Å²) in [7, 11) is 1.68. The predicted octanol–water partition coefficient (Wildman–Crippen LogP) is 1.69. The van der Waals surface area contributed by atoms with E-state index in [0.29, 0.717) is 6.54 Å². The van der Waals surface area contributed by atoms with Crippen LogP contribution >= 0.6 is 12.4 Å². The van der Waals surface area contributed by atoms with Crippen molar-refractivity contribution in [1.29, 1.82) is 0 Å². The molecule has 0 unspecified atom stereocenters. The van der Waals surface area contributed by atoms with E-state index in [1.807, 2.05) is 26.0 Å². The van der Waals surface area contributed by atoms with Crippen LogP contribution in [0.1, 0.15) is 22.7 Å². The topological polar surface area (TPSA) is 61.3 Å². The number of methoxy groups -OCH3 is 1. The Hall–Kier alpha value is -0.770. The van der Waals surface area contributed by atoms with E-state index in [1.54, 1.807) is 7.11 Å².